The maximum atomic E-state index is 4.47. The quantitative estimate of drug-likeness (QED) is 0.774. The van der Waals surface area contributed by atoms with Crippen molar-refractivity contribution in [2.45, 2.75) is 19.4 Å². The Morgan fingerprint density at radius 2 is 2.20 bits per heavy atom. The van der Waals surface area contributed by atoms with Crippen LogP contribution in [-0.4, -0.2) is 16.5 Å². The first-order valence-corrected chi connectivity index (χ1v) is 7.79. The molecule has 1 N–H and O–H groups in total. The lowest BCUT2D eigenvalue weighted by Crippen LogP contribution is -2.23. The average molecular weight is 283 g/mol. The van der Waals surface area contributed by atoms with Crippen molar-refractivity contribution in [1.29, 1.82) is 0 Å². The van der Waals surface area contributed by atoms with E-state index in [4.69, 9.17) is 0 Å². The van der Waals surface area contributed by atoms with Gasteiger partial charge in [-0.25, -0.2) is 4.98 Å². The first-order valence-electron chi connectivity index (χ1n) is 6.84. The molecule has 0 aliphatic rings. The number of pyridine rings is 1. The Kier molecular flexibility index (Phi) is 4.04. The van der Waals surface area contributed by atoms with Crippen LogP contribution < -0.4 is 5.32 Å². The molecule has 0 aliphatic heterocycles. The third-order valence-electron chi connectivity index (χ3n) is 3.31. The van der Waals surface area contributed by atoms with Crippen molar-refractivity contribution in [2.75, 3.05) is 6.54 Å². The van der Waals surface area contributed by atoms with Crippen molar-refractivity contribution in [2.24, 2.45) is 0 Å². The monoisotopic (exact) mass is 283 g/mol. The molecule has 1 unspecified atom stereocenters. The van der Waals surface area contributed by atoms with E-state index in [2.05, 4.69) is 51.9 Å². The van der Waals surface area contributed by atoms with Crippen LogP contribution >= 0.6 is 11.3 Å². The predicted octanol–water partition coefficient (Wildman–Crippen LogP) is 3.78. The fourth-order valence-electron chi connectivity index (χ4n) is 2.32. The first-order chi connectivity index (χ1) is 9.88. The lowest BCUT2D eigenvalue weighted by atomic mass is 10.0. The standard InChI is InChI=1S/C16H17N3S/c1-2-7-18-16(15-10-20-11-19-15)13-5-6-14-12(9-13)4-3-8-17-14/h3-6,8-11,16,18H,2,7H2,1H3. The molecule has 1 aromatic carbocycles. The van der Waals surface area contributed by atoms with E-state index in [1.165, 1.54) is 10.9 Å². The second kappa shape index (κ2) is 6.11. The second-order valence-corrected chi connectivity index (χ2v) is 5.47. The largest absolute Gasteiger partial charge is 0.305 e. The second-order valence-electron chi connectivity index (χ2n) is 4.76. The van der Waals surface area contributed by atoms with Crippen molar-refractivity contribution >= 4 is 22.2 Å². The van der Waals surface area contributed by atoms with E-state index >= 15 is 0 Å². The Morgan fingerprint density at radius 3 is 3.00 bits per heavy atom. The first kappa shape index (κ1) is 13.2. The summed E-state index contributed by atoms with van der Waals surface area (Å²) >= 11 is 1.64. The molecule has 0 bridgehead atoms. The highest BCUT2D eigenvalue weighted by atomic mass is 32.1. The van der Waals surface area contributed by atoms with E-state index in [0.29, 0.717) is 0 Å². The van der Waals surface area contributed by atoms with Gasteiger partial charge in [0.05, 0.1) is 22.8 Å². The minimum Gasteiger partial charge on any atom is -0.305 e. The van der Waals surface area contributed by atoms with E-state index in [0.717, 1.165) is 24.2 Å². The van der Waals surface area contributed by atoms with Crippen molar-refractivity contribution in [3.8, 4) is 0 Å². The molecule has 0 fully saturated rings. The molecule has 0 aliphatic carbocycles. The highest BCUT2D eigenvalue weighted by molar-refractivity contribution is 7.07. The van der Waals surface area contributed by atoms with Crippen LogP contribution in [0.1, 0.15) is 30.6 Å². The zero-order valence-electron chi connectivity index (χ0n) is 11.4. The number of aromatic nitrogens is 2. The van der Waals surface area contributed by atoms with Gasteiger partial charge in [-0.1, -0.05) is 19.1 Å². The average Bonchev–Trinajstić information content (AvgIpc) is 3.02. The molecule has 0 amide bonds. The normalized spacial score (nSPS) is 12.7. The summed E-state index contributed by atoms with van der Waals surface area (Å²) < 4.78 is 0. The molecule has 2 heterocycles. The van der Waals surface area contributed by atoms with E-state index in [-0.39, 0.29) is 6.04 Å². The number of nitrogens with one attached hydrogen (secondary N) is 1. The van der Waals surface area contributed by atoms with Crippen LogP contribution in [0.4, 0.5) is 0 Å². The summed E-state index contributed by atoms with van der Waals surface area (Å²) in [6.07, 6.45) is 2.94. The number of nitrogens with zero attached hydrogens (tertiary/aromatic N) is 2. The van der Waals surface area contributed by atoms with Crippen molar-refractivity contribution in [3.05, 3.63) is 58.7 Å². The molecule has 20 heavy (non-hydrogen) atoms. The SMILES string of the molecule is CCCNC(c1ccc2ncccc2c1)c1cscn1. The maximum absolute atomic E-state index is 4.47. The van der Waals surface area contributed by atoms with Crippen LogP contribution in [0, 0.1) is 0 Å². The fraction of sp³-hybridized carbons (Fsp3) is 0.250. The third kappa shape index (κ3) is 2.71. The molecule has 0 saturated carbocycles. The highest BCUT2D eigenvalue weighted by Crippen LogP contribution is 2.24. The van der Waals surface area contributed by atoms with E-state index < -0.39 is 0 Å². The van der Waals surface area contributed by atoms with E-state index in [1.54, 1.807) is 11.3 Å². The smallest absolute Gasteiger partial charge is 0.0795 e. The summed E-state index contributed by atoms with van der Waals surface area (Å²) in [5, 5.41) is 6.86. The molecular formula is C16H17N3S. The zero-order valence-corrected chi connectivity index (χ0v) is 12.2. The molecule has 0 saturated heterocycles. The summed E-state index contributed by atoms with van der Waals surface area (Å²) in [5.74, 6) is 0. The van der Waals surface area contributed by atoms with Gasteiger partial charge in [-0.3, -0.25) is 4.98 Å². The molecule has 3 aromatic rings. The van der Waals surface area contributed by atoms with Crippen molar-refractivity contribution in [3.63, 3.8) is 0 Å². The molecule has 2 aromatic heterocycles. The Morgan fingerprint density at radius 1 is 1.25 bits per heavy atom. The van der Waals surface area contributed by atoms with Gasteiger partial charge in [0.1, 0.15) is 0 Å². The maximum Gasteiger partial charge on any atom is 0.0795 e. The van der Waals surface area contributed by atoms with Crippen LogP contribution in [0.25, 0.3) is 10.9 Å². The van der Waals surface area contributed by atoms with E-state index in [9.17, 15) is 0 Å². The van der Waals surface area contributed by atoms with Gasteiger partial charge in [-0.05, 0) is 36.7 Å². The number of rotatable bonds is 5. The van der Waals surface area contributed by atoms with Crippen LogP contribution in [0.15, 0.2) is 47.4 Å². The fourth-order valence-corrected chi connectivity index (χ4v) is 2.90. The summed E-state index contributed by atoms with van der Waals surface area (Å²) in [7, 11) is 0. The van der Waals surface area contributed by atoms with Crippen molar-refractivity contribution < 1.29 is 0 Å². The van der Waals surface area contributed by atoms with Gasteiger partial charge in [0.2, 0.25) is 0 Å². The minimum absolute atomic E-state index is 0.158. The molecule has 4 heteroatoms. The lowest BCUT2D eigenvalue weighted by molar-refractivity contribution is 0.589. The third-order valence-corrected chi connectivity index (χ3v) is 3.91. The molecule has 3 rings (SSSR count). The van der Waals surface area contributed by atoms with Gasteiger partial charge in [0.25, 0.3) is 0 Å². The van der Waals surface area contributed by atoms with Gasteiger partial charge < -0.3 is 5.32 Å². The van der Waals surface area contributed by atoms with Crippen LogP contribution in [0.2, 0.25) is 0 Å². The minimum atomic E-state index is 0.158. The Balaban J connectivity index is 1.99. The Bertz CT molecular complexity index is 679. The van der Waals surface area contributed by atoms with E-state index in [1.807, 2.05) is 17.8 Å². The highest BCUT2D eigenvalue weighted by Gasteiger charge is 2.15. The number of benzene rings is 1. The van der Waals surface area contributed by atoms with Gasteiger partial charge in [-0.2, -0.15) is 0 Å². The number of hydrogen-bond donors (Lipinski definition) is 1. The van der Waals surface area contributed by atoms with Gasteiger partial charge in [-0.15, -0.1) is 11.3 Å². The molecular weight excluding hydrogens is 266 g/mol. The Hall–Kier alpha value is -1.78. The van der Waals surface area contributed by atoms with Gasteiger partial charge in [0, 0.05) is 17.0 Å². The lowest BCUT2D eigenvalue weighted by Gasteiger charge is -2.17. The molecule has 1 atom stereocenters. The Labute approximate surface area is 122 Å². The predicted molar refractivity (Wildman–Crippen MR) is 84.0 cm³/mol. The van der Waals surface area contributed by atoms with Crippen molar-refractivity contribution in [1.82, 2.24) is 15.3 Å². The topological polar surface area (TPSA) is 37.8 Å². The summed E-state index contributed by atoms with van der Waals surface area (Å²) in [4.78, 5) is 8.84. The molecule has 0 spiro atoms. The molecule has 102 valence electrons. The number of hydrogen-bond acceptors (Lipinski definition) is 4. The summed E-state index contributed by atoms with van der Waals surface area (Å²) in [6, 6.07) is 10.7. The molecule has 3 nitrogen and oxygen atoms in total. The zero-order chi connectivity index (χ0) is 13.8. The molecule has 0 radical (unpaired) electrons. The van der Waals surface area contributed by atoms with Crippen LogP contribution in [0.3, 0.4) is 0 Å². The van der Waals surface area contributed by atoms with Crippen LogP contribution in [0.5, 0.6) is 0 Å². The summed E-state index contributed by atoms with van der Waals surface area (Å²) in [5.41, 5.74) is 5.25. The number of thiazole rings is 1. The van der Waals surface area contributed by atoms with Crippen LogP contribution in [-0.2, 0) is 0 Å². The van der Waals surface area contributed by atoms with Gasteiger partial charge >= 0.3 is 0 Å². The van der Waals surface area contributed by atoms with Gasteiger partial charge in [0.15, 0.2) is 0 Å². The number of fused-ring (bicyclic) bond motifs is 1. The summed E-state index contributed by atoms with van der Waals surface area (Å²) in [6.45, 7) is 3.16.